The van der Waals surface area contributed by atoms with Gasteiger partial charge in [0, 0.05) is 23.7 Å². The maximum absolute atomic E-state index is 12.7. The molecule has 5 nitrogen and oxygen atoms in total. The lowest BCUT2D eigenvalue weighted by atomic mass is 10.1. The number of hydrogen-bond donors (Lipinski definition) is 2. The standard InChI is InChI=1S/C21H22BrNO4S/c1-4-13-27-18-10-5-15(14-19(18)25-2)11-12-23-20(24)21(28,26-3)16-6-8-17(22)9-7-16/h1,5-10,14,28H,11-13H2,2-3H3,(H,23,24). The van der Waals surface area contributed by atoms with Gasteiger partial charge in [-0.25, -0.2) is 0 Å². The van der Waals surface area contributed by atoms with Crippen LogP contribution in [0, 0.1) is 12.3 Å². The summed E-state index contributed by atoms with van der Waals surface area (Å²) in [7, 11) is 3.02. The minimum atomic E-state index is -1.37. The number of amides is 1. The van der Waals surface area contributed by atoms with E-state index >= 15 is 0 Å². The number of terminal acetylenes is 1. The van der Waals surface area contributed by atoms with E-state index in [9.17, 15) is 4.79 Å². The number of methoxy groups -OCH3 is 2. The van der Waals surface area contributed by atoms with Crippen LogP contribution in [0.4, 0.5) is 0 Å². The number of ether oxygens (including phenoxy) is 3. The fraction of sp³-hybridized carbons (Fsp3) is 0.286. The molecule has 148 valence electrons. The van der Waals surface area contributed by atoms with Gasteiger partial charge < -0.3 is 19.5 Å². The van der Waals surface area contributed by atoms with Gasteiger partial charge in [0.1, 0.15) is 6.61 Å². The molecule has 0 aliphatic rings. The zero-order chi connectivity index (χ0) is 20.6. The van der Waals surface area contributed by atoms with Crippen molar-refractivity contribution in [2.24, 2.45) is 0 Å². The van der Waals surface area contributed by atoms with Crippen molar-refractivity contribution in [3.63, 3.8) is 0 Å². The molecule has 0 aliphatic heterocycles. The number of halogens is 1. The van der Waals surface area contributed by atoms with Gasteiger partial charge in [0.15, 0.2) is 11.5 Å². The lowest BCUT2D eigenvalue weighted by Crippen LogP contribution is -2.42. The van der Waals surface area contributed by atoms with Gasteiger partial charge in [0.2, 0.25) is 4.93 Å². The molecule has 1 N–H and O–H groups in total. The molecule has 0 heterocycles. The molecule has 2 aromatic rings. The average molecular weight is 464 g/mol. The minimum absolute atomic E-state index is 0.170. The molecule has 0 aliphatic carbocycles. The number of carbonyl (C=O) groups is 1. The van der Waals surface area contributed by atoms with Crippen LogP contribution in [-0.2, 0) is 20.9 Å². The van der Waals surface area contributed by atoms with Crippen LogP contribution in [0.1, 0.15) is 11.1 Å². The molecular formula is C21H22BrNO4S. The number of nitrogens with one attached hydrogen (secondary N) is 1. The molecule has 0 spiro atoms. The predicted molar refractivity (Wildman–Crippen MR) is 116 cm³/mol. The van der Waals surface area contributed by atoms with E-state index in [-0.39, 0.29) is 12.5 Å². The second kappa shape index (κ2) is 10.4. The SMILES string of the molecule is C#CCOc1ccc(CCNC(=O)C(S)(OC)c2ccc(Br)cc2)cc1OC. The molecule has 0 saturated heterocycles. The van der Waals surface area contributed by atoms with E-state index in [0.29, 0.717) is 30.0 Å². The predicted octanol–water partition coefficient (Wildman–Crippen LogP) is 3.56. The van der Waals surface area contributed by atoms with E-state index < -0.39 is 4.93 Å². The zero-order valence-electron chi connectivity index (χ0n) is 15.7. The fourth-order valence-corrected chi connectivity index (χ4v) is 3.06. The first kappa shape index (κ1) is 22.2. The first-order chi connectivity index (χ1) is 13.4. The minimum Gasteiger partial charge on any atom is -0.493 e. The van der Waals surface area contributed by atoms with Gasteiger partial charge in [0.25, 0.3) is 5.91 Å². The summed E-state index contributed by atoms with van der Waals surface area (Å²) >= 11 is 7.85. The molecule has 1 unspecified atom stereocenters. The summed E-state index contributed by atoms with van der Waals surface area (Å²) in [6, 6.07) is 12.8. The van der Waals surface area contributed by atoms with Crippen molar-refractivity contribution < 1.29 is 19.0 Å². The molecule has 2 rings (SSSR count). The van der Waals surface area contributed by atoms with Gasteiger partial charge in [-0.1, -0.05) is 40.0 Å². The highest BCUT2D eigenvalue weighted by Crippen LogP contribution is 2.31. The van der Waals surface area contributed by atoms with Crippen LogP contribution >= 0.6 is 28.6 Å². The first-order valence-corrected chi connectivity index (χ1v) is 9.73. The third-order valence-corrected chi connectivity index (χ3v) is 5.25. The number of thiol groups is 1. The van der Waals surface area contributed by atoms with Crippen molar-refractivity contribution in [3.05, 3.63) is 58.1 Å². The monoisotopic (exact) mass is 463 g/mol. The second-order valence-electron chi connectivity index (χ2n) is 5.84. The van der Waals surface area contributed by atoms with E-state index in [0.717, 1.165) is 10.0 Å². The summed E-state index contributed by atoms with van der Waals surface area (Å²) in [5.41, 5.74) is 1.63. The third-order valence-electron chi connectivity index (χ3n) is 4.08. The summed E-state index contributed by atoms with van der Waals surface area (Å²) in [5.74, 6) is 3.26. The van der Waals surface area contributed by atoms with E-state index in [2.05, 4.69) is 39.8 Å². The Bertz CT molecular complexity index is 850. The normalized spacial score (nSPS) is 12.5. The molecule has 0 bridgehead atoms. The van der Waals surface area contributed by atoms with Crippen LogP contribution in [0.3, 0.4) is 0 Å². The van der Waals surface area contributed by atoms with Crippen molar-refractivity contribution in [1.82, 2.24) is 5.32 Å². The summed E-state index contributed by atoms with van der Waals surface area (Å²) in [6.07, 6.45) is 5.82. The Kier molecular flexibility index (Phi) is 8.24. The van der Waals surface area contributed by atoms with Crippen LogP contribution in [-0.4, -0.2) is 33.3 Å². The van der Waals surface area contributed by atoms with Crippen LogP contribution < -0.4 is 14.8 Å². The van der Waals surface area contributed by atoms with Crippen LogP contribution in [0.2, 0.25) is 0 Å². The first-order valence-electron chi connectivity index (χ1n) is 8.49. The number of benzene rings is 2. The Balaban J connectivity index is 2.00. The largest absolute Gasteiger partial charge is 0.493 e. The molecule has 1 atom stereocenters. The van der Waals surface area contributed by atoms with Gasteiger partial charge in [-0.15, -0.1) is 19.1 Å². The zero-order valence-corrected chi connectivity index (χ0v) is 18.2. The van der Waals surface area contributed by atoms with Crippen LogP contribution in [0.25, 0.3) is 0 Å². The van der Waals surface area contributed by atoms with E-state index in [1.807, 2.05) is 24.3 Å². The molecule has 7 heteroatoms. The molecule has 0 radical (unpaired) electrons. The van der Waals surface area contributed by atoms with Crippen LogP contribution in [0.5, 0.6) is 11.5 Å². The molecular weight excluding hydrogens is 442 g/mol. The van der Waals surface area contributed by atoms with Crippen molar-refractivity contribution in [1.29, 1.82) is 0 Å². The van der Waals surface area contributed by atoms with Crippen LogP contribution in [0.15, 0.2) is 46.9 Å². The molecule has 1 amide bonds. The van der Waals surface area contributed by atoms with Crippen molar-refractivity contribution in [3.8, 4) is 23.8 Å². The molecule has 0 fully saturated rings. The van der Waals surface area contributed by atoms with E-state index in [4.69, 9.17) is 20.6 Å². The van der Waals surface area contributed by atoms with E-state index in [1.54, 1.807) is 25.3 Å². The fourth-order valence-electron chi connectivity index (χ4n) is 2.56. The Morgan fingerprint density at radius 1 is 1.21 bits per heavy atom. The summed E-state index contributed by atoms with van der Waals surface area (Å²) in [6.45, 7) is 0.581. The third kappa shape index (κ3) is 5.44. The van der Waals surface area contributed by atoms with Gasteiger partial charge in [-0.3, -0.25) is 4.79 Å². The van der Waals surface area contributed by atoms with E-state index in [1.165, 1.54) is 7.11 Å². The van der Waals surface area contributed by atoms with Crippen molar-refractivity contribution >= 4 is 34.5 Å². The average Bonchev–Trinajstić information content (AvgIpc) is 2.72. The summed E-state index contributed by atoms with van der Waals surface area (Å²) < 4.78 is 17.1. The smallest absolute Gasteiger partial charge is 0.267 e. The molecule has 0 saturated carbocycles. The van der Waals surface area contributed by atoms with Crippen molar-refractivity contribution in [2.45, 2.75) is 11.4 Å². The molecule has 0 aromatic heterocycles. The van der Waals surface area contributed by atoms with Gasteiger partial charge in [0.05, 0.1) is 7.11 Å². The lowest BCUT2D eigenvalue weighted by molar-refractivity contribution is -0.134. The molecule has 28 heavy (non-hydrogen) atoms. The Morgan fingerprint density at radius 3 is 2.54 bits per heavy atom. The highest BCUT2D eigenvalue weighted by atomic mass is 79.9. The number of rotatable bonds is 9. The van der Waals surface area contributed by atoms with Crippen molar-refractivity contribution in [2.75, 3.05) is 27.4 Å². The maximum atomic E-state index is 12.7. The van der Waals surface area contributed by atoms with Gasteiger partial charge in [-0.05, 0) is 36.2 Å². The highest BCUT2D eigenvalue weighted by Gasteiger charge is 2.36. The summed E-state index contributed by atoms with van der Waals surface area (Å²) in [5, 5.41) is 2.87. The Labute approximate surface area is 179 Å². The second-order valence-corrected chi connectivity index (χ2v) is 7.38. The summed E-state index contributed by atoms with van der Waals surface area (Å²) in [4.78, 5) is 11.3. The van der Waals surface area contributed by atoms with Gasteiger partial charge in [-0.2, -0.15) is 0 Å². The topological polar surface area (TPSA) is 56.8 Å². The van der Waals surface area contributed by atoms with Gasteiger partial charge >= 0.3 is 0 Å². The number of hydrogen-bond acceptors (Lipinski definition) is 5. The molecule has 2 aromatic carbocycles. The number of carbonyl (C=O) groups excluding carboxylic acids is 1. The lowest BCUT2D eigenvalue weighted by Gasteiger charge is -2.26. The Morgan fingerprint density at radius 2 is 1.93 bits per heavy atom. The maximum Gasteiger partial charge on any atom is 0.267 e. The quantitative estimate of drug-likeness (QED) is 0.339. The highest BCUT2D eigenvalue weighted by molar-refractivity contribution is 9.10. The Hall–Kier alpha value is -2.14.